The predicted octanol–water partition coefficient (Wildman–Crippen LogP) is 3.78. The normalized spacial score (nSPS) is 21.0. The van der Waals surface area contributed by atoms with E-state index in [4.69, 9.17) is 9.15 Å². The number of piperidine rings is 1. The number of hydrogen-bond donors (Lipinski definition) is 2. The molecule has 168 valence electrons. The molecule has 1 fully saturated rings. The first kappa shape index (κ1) is 21.9. The number of carbonyl (C=O) groups excluding carboxylic acids is 1. The van der Waals surface area contributed by atoms with Crippen molar-refractivity contribution in [2.75, 3.05) is 0 Å². The summed E-state index contributed by atoms with van der Waals surface area (Å²) in [6.07, 6.45) is 3.74. The number of rotatable bonds is 4. The monoisotopic (exact) mass is 426 g/mol. The number of ether oxygens (including phenoxy) is 1. The van der Waals surface area contributed by atoms with Crippen LogP contribution in [-0.2, 0) is 17.6 Å². The van der Waals surface area contributed by atoms with E-state index in [1.165, 1.54) is 0 Å². The van der Waals surface area contributed by atoms with Crippen LogP contribution in [0.1, 0.15) is 70.6 Å². The van der Waals surface area contributed by atoms with Gasteiger partial charge in [-0.15, -0.1) is 0 Å². The minimum Gasteiger partial charge on any atom is -0.480 e. The van der Waals surface area contributed by atoms with Crippen LogP contribution in [0.2, 0.25) is 0 Å². The molecule has 2 aliphatic rings. The van der Waals surface area contributed by atoms with E-state index >= 15 is 0 Å². The number of aryl methyl sites for hydroxylation is 2. The van der Waals surface area contributed by atoms with Crippen LogP contribution in [0.5, 0.6) is 5.75 Å². The predicted molar refractivity (Wildman–Crippen MR) is 122 cm³/mol. The maximum Gasteiger partial charge on any atom is 0.339 e. The molecule has 2 heterocycles. The van der Waals surface area contributed by atoms with Crippen LogP contribution in [0, 0.1) is 6.92 Å². The molecule has 6 heteroatoms. The number of benzene rings is 1. The van der Waals surface area contributed by atoms with E-state index < -0.39 is 6.10 Å². The van der Waals surface area contributed by atoms with Crippen LogP contribution in [0.4, 0.5) is 0 Å². The van der Waals surface area contributed by atoms with Gasteiger partial charge in [-0.3, -0.25) is 4.79 Å². The second-order valence-corrected chi connectivity index (χ2v) is 10.5. The molecule has 4 rings (SSSR count). The average Bonchev–Trinajstić information content (AvgIpc) is 3.12. The van der Waals surface area contributed by atoms with Crippen LogP contribution < -0.4 is 21.0 Å². The molecule has 2 aromatic rings. The first-order chi connectivity index (χ1) is 14.5. The second-order valence-electron chi connectivity index (χ2n) is 10.5. The molecule has 0 saturated carbocycles. The Morgan fingerprint density at radius 1 is 1.16 bits per heavy atom. The lowest BCUT2D eigenvalue weighted by molar-refractivity contribution is -0.128. The molecule has 1 atom stereocenters. The zero-order chi connectivity index (χ0) is 22.6. The van der Waals surface area contributed by atoms with Gasteiger partial charge in [-0.25, -0.2) is 4.79 Å². The van der Waals surface area contributed by atoms with Gasteiger partial charge in [0.1, 0.15) is 11.3 Å². The second kappa shape index (κ2) is 7.66. The summed E-state index contributed by atoms with van der Waals surface area (Å²) in [4.78, 5) is 25.3. The van der Waals surface area contributed by atoms with Crippen molar-refractivity contribution in [3.8, 4) is 5.75 Å². The topological polar surface area (TPSA) is 80.6 Å². The Balaban J connectivity index is 1.51. The summed E-state index contributed by atoms with van der Waals surface area (Å²) in [5.41, 5.74) is 2.89. The highest BCUT2D eigenvalue weighted by atomic mass is 16.5. The van der Waals surface area contributed by atoms with Crippen molar-refractivity contribution >= 4 is 16.9 Å². The standard InChI is InChI=1S/C25H34N2O4/c1-14-20(11-10-18-17-8-7-9-19(17)23(29)31-21(14)18)30-15(2)22(28)26-16-12-24(3,4)27-25(5,6)13-16/h10-11,15-16,27H,7-9,12-13H2,1-6H3,(H,26,28)/t15-/m0/s1. The lowest BCUT2D eigenvalue weighted by Crippen LogP contribution is -2.62. The van der Waals surface area contributed by atoms with E-state index in [2.05, 4.69) is 38.3 Å². The summed E-state index contributed by atoms with van der Waals surface area (Å²) in [6, 6.07) is 3.92. The third-order valence-electron chi connectivity index (χ3n) is 6.55. The molecule has 1 amide bonds. The largest absolute Gasteiger partial charge is 0.480 e. The number of carbonyl (C=O) groups is 1. The Morgan fingerprint density at radius 3 is 2.48 bits per heavy atom. The third-order valence-corrected chi connectivity index (χ3v) is 6.55. The van der Waals surface area contributed by atoms with Crippen molar-refractivity contribution in [1.29, 1.82) is 0 Å². The minimum atomic E-state index is -0.654. The molecule has 0 spiro atoms. The molecule has 6 nitrogen and oxygen atoms in total. The van der Waals surface area contributed by atoms with Gasteiger partial charge >= 0.3 is 5.63 Å². The van der Waals surface area contributed by atoms with Crippen molar-refractivity contribution in [2.24, 2.45) is 0 Å². The lowest BCUT2D eigenvalue weighted by Gasteiger charge is -2.46. The smallest absolute Gasteiger partial charge is 0.339 e. The molecule has 0 unspecified atom stereocenters. The maximum atomic E-state index is 12.9. The van der Waals surface area contributed by atoms with E-state index in [1.807, 2.05) is 19.1 Å². The number of nitrogens with one attached hydrogen (secondary N) is 2. The Hall–Kier alpha value is -2.34. The minimum absolute atomic E-state index is 0.0451. The molecule has 1 aromatic heterocycles. The van der Waals surface area contributed by atoms with Gasteiger partial charge in [-0.2, -0.15) is 0 Å². The highest BCUT2D eigenvalue weighted by Gasteiger charge is 2.38. The summed E-state index contributed by atoms with van der Waals surface area (Å²) < 4.78 is 11.7. The van der Waals surface area contributed by atoms with Gasteiger partial charge in [0.05, 0.1) is 0 Å². The molecule has 0 bridgehead atoms. The fourth-order valence-electron chi connectivity index (χ4n) is 5.58. The van der Waals surface area contributed by atoms with Gasteiger partial charge in [-0.05, 0) is 91.3 Å². The van der Waals surface area contributed by atoms with Gasteiger partial charge < -0.3 is 19.8 Å². The van der Waals surface area contributed by atoms with Crippen molar-refractivity contribution in [3.63, 3.8) is 0 Å². The van der Waals surface area contributed by atoms with E-state index in [9.17, 15) is 9.59 Å². The molecule has 31 heavy (non-hydrogen) atoms. The van der Waals surface area contributed by atoms with Gasteiger partial charge in [-0.1, -0.05) is 0 Å². The quantitative estimate of drug-likeness (QED) is 0.727. The van der Waals surface area contributed by atoms with Crippen LogP contribution in [0.15, 0.2) is 21.3 Å². The van der Waals surface area contributed by atoms with Crippen molar-refractivity contribution in [3.05, 3.63) is 39.2 Å². The lowest BCUT2D eigenvalue weighted by atomic mass is 9.79. The van der Waals surface area contributed by atoms with E-state index in [-0.39, 0.29) is 28.7 Å². The van der Waals surface area contributed by atoms with Gasteiger partial charge in [0.15, 0.2) is 6.10 Å². The first-order valence-electron chi connectivity index (χ1n) is 11.3. The summed E-state index contributed by atoms with van der Waals surface area (Å²) in [5.74, 6) is 0.440. The first-order valence-corrected chi connectivity index (χ1v) is 11.3. The van der Waals surface area contributed by atoms with Crippen molar-refractivity contribution in [2.45, 2.75) is 96.9 Å². The third kappa shape index (κ3) is 4.36. The van der Waals surface area contributed by atoms with E-state index in [0.29, 0.717) is 11.3 Å². The molecule has 1 saturated heterocycles. The molecule has 2 N–H and O–H groups in total. The van der Waals surface area contributed by atoms with Gasteiger partial charge in [0.2, 0.25) is 0 Å². The number of fused-ring (bicyclic) bond motifs is 3. The number of amides is 1. The molecule has 1 aliphatic heterocycles. The molecular formula is C25H34N2O4. The van der Waals surface area contributed by atoms with Crippen LogP contribution in [-0.4, -0.2) is 29.1 Å². The Morgan fingerprint density at radius 2 is 1.81 bits per heavy atom. The molecule has 0 radical (unpaired) electrons. The fraction of sp³-hybridized carbons (Fsp3) is 0.600. The highest BCUT2D eigenvalue weighted by Crippen LogP contribution is 2.33. The maximum absolute atomic E-state index is 12.9. The Bertz CT molecular complexity index is 1070. The van der Waals surface area contributed by atoms with Crippen molar-refractivity contribution < 1.29 is 13.9 Å². The van der Waals surface area contributed by atoms with Crippen LogP contribution >= 0.6 is 0 Å². The highest BCUT2D eigenvalue weighted by molar-refractivity contribution is 5.86. The van der Waals surface area contributed by atoms with Crippen LogP contribution in [0.3, 0.4) is 0 Å². The molecule has 1 aliphatic carbocycles. The Labute approximate surface area is 183 Å². The summed E-state index contributed by atoms with van der Waals surface area (Å²) >= 11 is 0. The van der Waals surface area contributed by atoms with Gasteiger partial charge in [0, 0.05) is 33.6 Å². The molecule has 1 aromatic carbocycles. The zero-order valence-electron chi connectivity index (χ0n) is 19.5. The van der Waals surface area contributed by atoms with Crippen molar-refractivity contribution in [1.82, 2.24) is 10.6 Å². The zero-order valence-corrected chi connectivity index (χ0v) is 19.5. The van der Waals surface area contributed by atoms with Gasteiger partial charge in [0.25, 0.3) is 5.91 Å². The Kier molecular flexibility index (Phi) is 5.41. The van der Waals surface area contributed by atoms with E-state index in [0.717, 1.165) is 54.2 Å². The SMILES string of the molecule is Cc1c(O[C@@H](C)C(=O)NC2CC(C)(C)NC(C)(C)C2)ccc2c3c(c(=O)oc12)CCC3. The fourth-order valence-corrected chi connectivity index (χ4v) is 5.58. The van der Waals surface area contributed by atoms with Crippen LogP contribution in [0.25, 0.3) is 11.0 Å². The molecular weight excluding hydrogens is 392 g/mol. The summed E-state index contributed by atoms with van der Waals surface area (Å²) in [7, 11) is 0. The summed E-state index contributed by atoms with van der Waals surface area (Å²) in [5, 5.41) is 7.78. The average molecular weight is 427 g/mol. The number of hydrogen-bond acceptors (Lipinski definition) is 5. The van der Waals surface area contributed by atoms with E-state index in [1.54, 1.807) is 6.92 Å². The summed E-state index contributed by atoms with van der Waals surface area (Å²) in [6.45, 7) is 12.3.